The second-order valence-corrected chi connectivity index (χ2v) is 7.76. The first-order chi connectivity index (χ1) is 13.2. The van der Waals surface area contributed by atoms with E-state index in [1.165, 1.54) is 11.6 Å². The number of imidazole rings is 1. The third kappa shape index (κ3) is 3.42. The molecule has 0 atom stereocenters. The average molecular weight is 383 g/mol. The van der Waals surface area contributed by atoms with E-state index in [0.29, 0.717) is 35.6 Å². The minimum Gasteiger partial charge on any atom is -0.317 e. The number of aromatic nitrogens is 4. The van der Waals surface area contributed by atoms with Gasteiger partial charge in [-0.15, -0.1) is 0 Å². The van der Waals surface area contributed by atoms with Gasteiger partial charge in [-0.1, -0.05) is 30.3 Å². The first-order valence-corrected chi connectivity index (χ1v) is 9.71. The van der Waals surface area contributed by atoms with Crippen molar-refractivity contribution in [1.82, 2.24) is 23.6 Å². The SMILES string of the molecule is CC(C)N(CCn1c(-c2ccccc2)nc2c1c(=O)n(C)c(=O)n2C)C(C)C. The molecule has 0 saturated carbocycles. The number of fused-ring (bicyclic) bond motifs is 1. The Hall–Kier alpha value is -2.67. The lowest BCUT2D eigenvalue weighted by Gasteiger charge is -2.30. The van der Waals surface area contributed by atoms with Crippen LogP contribution in [0.1, 0.15) is 27.7 Å². The van der Waals surface area contributed by atoms with Gasteiger partial charge in [-0.25, -0.2) is 9.78 Å². The minimum atomic E-state index is -0.368. The van der Waals surface area contributed by atoms with Crippen molar-refractivity contribution in [2.45, 2.75) is 46.3 Å². The zero-order valence-corrected chi connectivity index (χ0v) is 17.5. The number of nitrogens with zero attached hydrogens (tertiary/aromatic N) is 5. The van der Waals surface area contributed by atoms with E-state index >= 15 is 0 Å². The third-order valence-corrected chi connectivity index (χ3v) is 5.29. The molecule has 2 aromatic heterocycles. The Morgan fingerprint density at radius 1 is 0.964 bits per heavy atom. The van der Waals surface area contributed by atoms with Gasteiger partial charge in [0.1, 0.15) is 5.82 Å². The molecule has 3 aromatic rings. The summed E-state index contributed by atoms with van der Waals surface area (Å²) in [6, 6.07) is 10.6. The largest absolute Gasteiger partial charge is 0.332 e. The molecule has 0 spiro atoms. The standard InChI is InChI=1S/C21H29N5O2/c1-14(2)25(15(3)4)12-13-26-17-19(23(5)21(28)24(6)20(17)27)22-18(26)16-10-8-7-9-11-16/h7-11,14-15H,12-13H2,1-6H3. The molecule has 0 saturated heterocycles. The second kappa shape index (κ2) is 7.75. The van der Waals surface area contributed by atoms with E-state index < -0.39 is 0 Å². The average Bonchev–Trinajstić information content (AvgIpc) is 3.04. The van der Waals surface area contributed by atoms with Gasteiger partial charge in [0, 0.05) is 44.8 Å². The maximum absolute atomic E-state index is 13.0. The zero-order chi connectivity index (χ0) is 20.6. The van der Waals surface area contributed by atoms with Gasteiger partial charge in [0.05, 0.1) is 0 Å². The van der Waals surface area contributed by atoms with Crippen molar-refractivity contribution in [3.05, 3.63) is 51.2 Å². The Morgan fingerprint density at radius 3 is 2.14 bits per heavy atom. The lowest BCUT2D eigenvalue weighted by atomic mass is 10.2. The summed E-state index contributed by atoms with van der Waals surface area (Å²) in [5.41, 5.74) is 1.14. The molecule has 7 nitrogen and oxygen atoms in total. The molecular weight excluding hydrogens is 354 g/mol. The number of benzene rings is 1. The molecule has 1 aromatic carbocycles. The number of hydrogen-bond acceptors (Lipinski definition) is 4. The lowest BCUT2D eigenvalue weighted by molar-refractivity contribution is 0.169. The monoisotopic (exact) mass is 383 g/mol. The van der Waals surface area contributed by atoms with Gasteiger partial charge in [0.15, 0.2) is 11.2 Å². The first kappa shape index (κ1) is 20.1. The predicted molar refractivity (Wildman–Crippen MR) is 113 cm³/mol. The van der Waals surface area contributed by atoms with Crippen molar-refractivity contribution in [1.29, 1.82) is 0 Å². The smallest absolute Gasteiger partial charge is 0.317 e. The Morgan fingerprint density at radius 2 is 1.57 bits per heavy atom. The van der Waals surface area contributed by atoms with Crippen molar-refractivity contribution in [2.24, 2.45) is 14.1 Å². The van der Waals surface area contributed by atoms with E-state index in [4.69, 9.17) is 4.98 Å². The highest BCUT2D eigenvalue weighted by atomic mass is 16.2. The molecule has 0 aliphatic rings. The molecule has 0 amide bonds. The predicted octanol–water partition coefficient (Wildman–Crippen LogP) is 2.22. The second-order valence-electron chi connectivity index (χ2n) is 7.76. The molecule has 0 radical (unpaired) electrons. The van der Waals surface area contributed by atoms with E-state index in [1.54, 1.807) is 7.05 Å². The molecular formula is C21H29N5O2. The van der Waals surface area contributed by atoms with Gasteiger partial charge in [0.25, 0.3) is 5.56 Å². The summed E-state index contributed by atoms with van der Waals surface area (Å²) < 4.78 is 4.56. The molecule has 0 aliphatic heterocycles. The third-order valence-electron chi connectivity index (χ3n) is 5.29. The van der Waals surface area contributed by atoms with Crippen molar-refractivity contribution in [3.8, 4) is 11.4 Å². The summed E-state index contributed by atoms with van der Waals surface area (Å²) in [6.07, 6.45) is 0. The van der Waals surface area contributed by atoms with Crippen molar-refractivity contribution < 1.29 is 0 Å². The van der Waals surface area contributed by atoms with E-state index in [1.807, 2.05) is 34.9 Å². The molecule has 0 bridgehead atoms. The van der Waals surface area contributed by atoms with Crippen LogP contribution in [0.25, 0.3) is 22.6 Å². The maximum Gasteiger partial charge on any atom is 0.332 e. The fraction of sp³-hybridized carbons (Fsp3) is 0.476. The van der Waals surface area contributed by atoms with Crippen LogP contribution in [0.5, 0.6) is 0 Å². The van der Waals surface area contributed by atoms with Crippen LogP contribution in [0.3, 0.4) is 0 Å². The molecule has 2 heterocycles. The lowest BCUT2D eigenvalue weighted by Crippen LogP contribution is -2.40. The summed E-state index contributed by atoms with van der Waals surface area (Å²) in [7, 11) is 3.17. The Labute approximate surface area is 164 Å². The van der Waals surface area contributed by atoms with Gasteiger partial charge in [-0.3, -0.25) is 18.8 Å². The summed E-state index contributed by atoms with van der Waals surface area (Å²) in [5.74, 6) is 0.710. The molecule has 3 rings (SSSR count). The van der Waals surface area contributed by atoms with E-state index in [2.05, 4.69) is 32.6 Å². The van der Waals surface area contributed by atoms with Crippen LogP contribution >= 0.6 is 0 Å². The molecule has 0 fully saturated rings. The van der Waals surface area contributed by atoms with Crippen molar-refractivity contribution in [2.75, 3.05) is 6.54 Å². The molecule has 0 aliphatic carbocycles. The summed E-state index contributed by atoms with van der Waals surface area (Å²) >= 11 is 0. The number of aryl methyl sites for hydroxylation is 1. The Bertz CT molecular complexity index is 1080. The number of hydrogen-bond donors (Lipinski definition) is 0. The zero-order valence-electron chi connectivity index (χ0n) is 17.5. The topological polar surface area (TPSA) is 65.1 Å². The Balaban J connectivity index is 2.23. The van der Waals surface area contributed by atoms with Gasteiger partial charge in [0.2, 0.25) is 0 Å². The maximum atomic E-state index is 13.0. The fourth-order valence-electron chi connectivity index (χ4n) is 3.80. The number of rotatable bonds is 6. The minimum absolute atomic E-state index is 0.312. The van der Waals surface area contributed by atoms with Crippen molar-refractivity contribution >= 4 is 11.2 Å². The first-order valence-electron chi connectivity index (χ1n) is 9.71. The molecule has 28 heavy (non-hydrogen) atoms. The quantitative estimate of drug-likeness (QED) is 0.655. The molecule has 0 unspecified atom stereocenters. The molecule has 0 N–H and O–H groups in total. The van der Waals surface area contributed by atoms with Gasteiger partial charge < -0.3 is 4.57 Å². The summed E-state index contributed by atoms with van der Waals surface area (Å²) in [4.78, 5) is 32.4. The highest BCUT2D eigenvalue weighted by Gasteiger charge is 2.21. The van der Waals surface area contributed by atoms with Crippen LogP contribution in [-0.2, 0) is 20.6 Å². The van der Waals surface area contributed by atoms with Crippen LogP contribution in [0.4, 0.5) is 0 Å². The van der Waals surface area contributed by atoms with Gasteiger partial charge >= 0.3 is 5.69 Å². The molecule has 7 heteroatoms. The van der Waals surface area contributed by atoms with Gasteiger partial charge in [-0.2, -0.15) is 0 Å². The van der Waals surface area contributed by atoms with Crippen LogP contribution in [0.15, 0.2) is 39.9 Å². The summed E-state index contributed by atoms with van der Waals surface area (Å²) in [6.45, 7) is 10.1. The van der Waals surface area contributed by atoms with Gasteiger partial charge in [-0.05, 0) is 27.7 Å². The highest BCUT2D eigenvalue weighted by molar-refractivity contribution is 5.77. The van der Waals surface area contributed by atoms with Crippen LogP contribution in [-0.4, -0.2) is 42.2 Å². The summed E-state index contributed by atoms with van der Waals surface area (Å²) in [5, 5.41) is 0. The van der Waals surface area contributed by atoms with E-state index in [-0.39, 0.29) is 11.2 Å². The van der Waals surface area contributed by atoms with Crippen LogP contribution in [0.2, 0.25) is 0 Å². The van der Waals surface area contributed by atoms with Crippen molar-refractivity contribution in [3.63, 3.8) is 0 Å². The normalized spacial score (nSPS) is 12.0. The molecule has 150 valence electrons. The van der Waals surface area contributed by atoms with Crippen LogP contribution in [0, 0.1) is 0 Å². The van der Waals surface area contributed by atoms with E-state index in [9.17, 15) is 9.59 Å². The van der Waals surface area contributed by atoms with Crippen LogP contribution < -0.4 is 11.2 Å². The highest BCUT2D eigenvalue weighted by Crippen LogP contribution is 2.22. The fourth-order valence-corrected chi connectivity index (χ4v) is 3.80. The Kier molecular flexibility index (Phi) is 5.56. The van der Waals surface area contributed by atoms with E-state index in [0.717, 1.165) is 16.7 Å².